The third-order valence-corrected chi connectivity index (χ3v) is 3.20. The summed E-state index contributed by atoms with van der Waals surface area (Å²) in [5.74, 6) is -1.20. The van der Waals surface area contributed by atoms with Gasteiger partial charge in [0.25, 0.3) is 10.1 Å². The molecule has 0 aliphatic heterocycles. The Morgan fingerprint density at radius 2 is 1.93 bits per heavy atom. The maximum absolute atomic E-state index is 10.8. The van der Waals surface area contributed by atoms with Crippen LogP contribution in [0.15, 0.2) is 0 Å². The number of hydrogen-bond donors (Lipinski definition) is 2. The van der Waals surface area contributed by atoms with E-state index in [1.54, 1.807) is 0 Å². The van der Waals surface area contributed by atoms with E-state index in [2.05, 4.69) is 0 Å². The minimum absolute atomic E-state index is 0.207. The topological polar surface area (TPSA) is 91.7 Å². The molecule has 0 heterocycles. The monoisotopic (exact) mass is 224 g/mol. The fraction of sp³-hybridized carbons (Fsp3) is 0.875. The molecule has 0 aromatic heterocycles. The average molecular weight is 224 g/mol. The molecule has 0 saturated carbocycles. The Bertz CT molecular complexity index is 269. The number of carboxylic acid groups (broad SMARTS) is 1. The Morgan fingerprint density at radius 1 is 1.36 bits per heavy atom. The maximum atomic E-state index is 10.8. The van der Waals surface area contributed by atoms with Crippen LogP contribution in [0.5, 0.6) is 0 Å². The molecule has 0 aliphatic carbocycles. The lowest BCUT2D eigenvalue weighted by Gasteiger charge is -2.10. The SMILES string of the molecule is CCCCCC(CC(=O)O)S(=O)(=O)O. The molecule has 0 aromatic carbocycles. The van der Waals surface area contributed by atoms with Gasteiger partial charge in [0.2, 0.25) is 0 Å². The lowest BCUT2D eigenvalue weighted by atomic mass is 10.1. The van der Waals surface area contributed by atoms with Gasteiger partial charge in [0, 0.05) is 0 Å². The molecule has 84 valence electrons. The summed E-state index contributed by atoms with van der Waals surface area (Å²) in [4.78, 5) is 10.3. The second-order valence-electron chi connectivity index (χ2n) is 3.23. The van der Waals surface area contributed by atoms with Crippen molar-refractivity contribution in [3.63, 3.8) is 0 Å². The quantitative estimate of drug-likeness (QED) is 0.502. The predicted octanol–water partition coefficient (Wildman–Crippen LogP) is 1.30. The summed E-state index contributed by atoms with van der Waals surface area (Å²) in [5, 5.41) is 7.27. The van der Waals surface area contributed by atoms with Crippen LogP contribution in [0.2, 0.25) is 0 Å². The number of hydrogen-bond acceptors (Lipinski definition) is 3. The first-order chi connectivity index (χ1) is 6.38. The molecule has 5 nitrogen and oxygen atoms in total. The highest BCUT2D eigenvalue weighted by Gasteiger charge is 2.25. The van der Waals surface area contributed by atoms with E-state index in [-0.39, 0.29) is 6.42 Å². The number of aliphatic carboxylic acids is 1. The van der Waals surface area contributed by atoms with E-state index in [9.17, 15) is 13.2 Å². The van der Waals surface area contributed by atoms with Crippen LogP contribution in [0.25, 0.3) is 0 Å². The van der Waals surface area contributed by atoms with Gasteiger partial charge in [-0.15, -0.1) is 0 Å². The predicted molar refractivity (Wildman–Crippen MR) is 51.7 cm³/mol. The first-order valence-electron chi connectivity index (χ1n) is 4.56. The zero-order chi connectivity index (χ0) is 11.2. The van der Waals surface area contributed by atoms with Gasteiger partial charge < -0.3 is 5.11 Å². The van der Waals surface area contributed by atoms with E-state index in [4.69, 9.17) is 9.66 Å². The second-order valence-corrected chi connectivity index (χ2v) is 4.93. The molecule has 0 bridgehead atoms. The molecule has 0 amide bonds. The summed E-state index contributed by atoms with van der Waals surface area (Å²) in [7, 11) is -4.22. The lowest BCUT2D eigenvalue weighted by Crippen LogP contribution is -2.23. The molecule has 1 atom stereocenters. The standard InChI is InChI=1S/C8H16O5S/c1-2-3-4-5-7(6-8(9)10)14(11,12)13/h7H,2-6H2,1H3,(H,9,10)(H,11,12,13). The first-order valence-corrected chi connectivity index (χ1v) is 6.06. The molecule has 1 unspecified atom stereocenters. The molecule has 6 heteroatoms. The molecular formula is C8H16O5S. The highest BCUT2D eigenvalue weighted by molar-refractivity contribution is 7.86. The summed E-state index contributed by atoms with van der Waals surface area (Å²) >= 11 is 0. The van der Waals surface area contributed by atoms with E-state index in [0.717, 1.165) is 12.8 Å². The highest BCUT2D eigenvalue weighted by atomic mass is 32.2. The Kier molecular flexibility index (Phi) is 5.71. The van der Waals surface area contributed by atoms with Crippen LogP contribution in [-0.2, 0) is 14.9 Å². The fourth-order valence-corrected chi connectivity index (χ4v) is 1.99. The van der Waals surface area contributed by atoms with Crippen LogP contribution < -0.4 is 0 Å². The van der Waals surface area contributed by atoms with Gasteiger partial charge in [-0.25, -0.2) is 0 Å². The van der Waals surface area contributed by atoms with Gasteiger partial charge in [0.1, 0.15) is 0 Å². The highest BCUT2D eigenvalue weighted by Crippen LogP contribution is 2.13. The van der Waals surface area contributed by atoms with Gasteiger partial charge in [0.05, 0.1) is 11.7 Å². The molecule has 14 heavy (non-hydrogen) atoms. The van der Waals surface area contributed by atoms with Gasteiger partial charge in [-0.1, -0.05) is 26.2 Å². The summed E-state index contributed by atoms with van der Waals surface area (Å²) in [6.07, 6.45) is 2.06. The van der Waals surface area contributed by atoms with Crippen molar-refractivity contribution in [2.75, 3.05) is 0 Å². The fourth-order valence-electron chi connectivity index (χ4n) is 1.17. The lowest BCUT2D eigenvalue weighted by molar-refractivity contribution is -0.137. The van der Waals surface area contributed by atoms with Crippen molar-refractivity contribution < 1.29 is 22.9 Å². The third-order valence-electron chi connectivity index (χ3n) is 1.95. The summed E-state index contributed by atoms with van der Waals surface area (Å²) in [5.41, 5.74) is 0. The zero-order valence-corrected chi connectivity index (χ0v) is 8.96. The average Bonchev–Trinajstić information content (AvgIpc) is 2.00. The summed E-state index contributed by atoms with van der Waals surface area (Å²) < 4.78 is 30.2. The molecule has 0 radical (unpaired) electrons. The Labute approximate surface area is 83.9 Å². The number of carbonyl (C=O) groups is 1. The van der Waals surface area contributed by atoms with Gasteiger partial charge in [0.15, 0.2) is 0 Å². The van der Waals surface area contributed by atoms with Crippen molar-refractivity contribution in [3.05, 3.63) is 0 Å². The van der Waals surface area contributed by atoms with Crippen molar-refractivity contribution in [1.82, 2.24) is 0 Å². The number of carboxylic acids is 1. The Hall–Kier alpha value is -0.620. The normalized spacial score (nSPS) is 13.9. The molecule has 0 aliphatic rings. The minimum atomic E-state index is -4.22. The van der Waals surface area contributed by atoms with Crippen LogP contribution in [0.1, 0.15) is 39.0 Å². The van der Waals surface area contributed by atoms with Crippen molar-refractivity contribution in [3.8, 4) is 0 Å². The molecular weight excluding hydrogens is 208 g/mol. The first kappa shape index (κ1) is 13.4. The van der Waals surface area contributed by atoms with Gasteiger partial charge in [-0.3, -0.25) is 9.35 Å². The molecule has 0 fully saturated rings. The minimum Gasteiger partial charge on any atom is -0.481 e. The van der Waals surface area contributed by atoms with Gasteiger partial charge in [-0.05, 0) is 6.42 Å². The van der Waals surface area contributed by atoms with Crippen molar-refractivity contribution >= 4 is 16.1 Å². The zero-order valence-electron chi connectivity index (χ0n) is 8.14. The van der Waals surface area contributed by atoms with Crippen LogP contribution in [0.3, 0.4) is 0 Å². The van der Waals surface area contributed by atoms with Crippen molar-refractivity contribution in [1.29, 1.82) is 0 Å². The molecule has 0 spiro atoms. The number of rotatable bonds is 7. The Morgan fingerprint density at radius 3 is 2.29 bits per heavy atom. The van der Waals surface area contributed by atoms with Crippen LogP contribution in [0.4, 0.5) is 0 Å². The van der Waals surface area contributed by atoms with Crippen LogP contribution >= 0.6 is 0 Å². The number of unbranched alkanes of at least 4 members (excludes halogenated alkanes) is 2. The largest absolute Gasteiger partial charge is 0.481 e. The van der Waals surface area contributed by atoms with E-state index >= 15 is 0 Å². The molecule has 0 aromatic rings. The van der Waals surface area contributed by atoms with Crippen molar-refractivity contribution in [2.24, 2.45) is 0 Å². The summed E-state index contributed by atoms with van der Waals surface area (Å²) in [6, 6.07) is 0. The Balaban J connectivity index is 4.20. The molecule has 2 N–H and O–H groups in total. The van der Waals surface area contributed by atoms with Crippen LogP contribution in [-0.4, -0.2) is 29.3 Å². The third kappa shape index (κ3) is 5.93. The summed E-state index contributed by atoms with van der Waals surface area (Å²) in [6.45, 7) is 1.96. The second kappa shape index (κ2) is 5.98. The van der Waals surface area contributed by atoms with E-state index in [1.807, 2.05) is 6.92 Å². The van der Waals surface area contributed by atoms with Crippen LogP contribution in [0, 0.1) is 0 Å². The van der Waals surface area contributed by atoms with Gasteiger partial charge in [-0.2, -0.15) is 8.42 Å². The van der Waals surface area contributed by atoms with Gasteiger partial charge >= 0.3 is 5.97 Å². The van der Waals surface area contributed by atoms with E-state index in [0.29, 0.717) is 6.42 Å². The smallest absolute Gasteiger partial charge is 0.304 e. The molecule has 0 saturated heterocycles. The maximum Gasteiger partial charge on any atom is 0.304 e. The van der Waals surface area contributed by atoms with E-state index < -0.39 is 27.8 Å². The van der Waals surface area contributed by atoms with E-state index in [1.165, 1.54) is 0 Å². The van der Waals surface area contributed by atoms with Crippen molar-refractivity contribution in [2.45, 2.75) is 44.3 Å². The molecule has 0 rings (SSSR count).